The van der Waals surface area contributed by atoms with Crippen LogP contribution < -0.4 is 10.1 Å². The van der Waals surface area contributed by atoms with Crippen molar-refractivity contribution in [2.45, 2.75) is 6.92 Å². The molecule has 0 saturated carbocycles. The van der Waals surface area contributed by atoms with Crippen LogP contribution in [0.5, 0.6) is 5.75 Å². The lowest BCUT2D eigenvalue weighted by Gasteiger charge is -2.02. The second kappa shape index (κ2) is 3.81. The molecule has 0 aromatic carbocycles. The summed E-state index contributed by atoms with van der Waals surface area (Å²) in [6.07, 6.45) is 1.70. The molecule has 0 spiro atoms. The van der Waals surface area contributed by atoms with Gasteiger partial charge in [-0.2, -0.15) is 0 Å². The van der Waals surface area contributed by atoms with Crippen LogP contribution in [0.25, 0.3) is 0 Å². The van der Waals surface area contributed by atoms with Gasteiger partial charge in [-0.05, 0) is 19.1 Å². The minimum atomic E-state index is 0.681. The second-order valence-corrected chi connectivity index (χ2v) is 2.06. The predicted molar refractivity (Wildman–Crippen MR) is 45.0 cm³/mol. The summed E-state index contributed by atoms with van der Waals surface area (Å²) in [5.41, 5.74) is 0. The van der Waals surface area contributed by atoms with Gasteiger partial charge in [0.2, 0.25) is 0 Å². The van der Waals surface area contributed by atoms with Crippen LogP contribution in [0.4, 0.5) is 5.82 Å². The molecular formula is C8H12N2O. The Morgan fingerprint density at radius 1 is 1.55 bits per heavy atom. The standard InChI is InChI=1S/C8H12N2O/c1-3-11-7-4-5-8(9-2)10-6-7/h4-6H,3H2,1-2H3,(H,9,10). The Hall–Kier alpha value is -1.25. The lowest BCUT2D eigenvalue weighted by molar-refractivity contribution is 0.339. The molecule has 0 aliphatic heterocycles. The molecule has 1 heterocycles. The molecule has 0 amide bonds. The third-order valence-corrected chi connectivity index (χ3v) is 1.30. The Bertz CT molecular complexity index is 208. The zero-order chi connectivity index (χ0) is 8.10. The van der Waals surface area contributed by atoms with Crippen LogP contribution in [0.3, 0.4) is 0 Å². The van der Waals surface area contributed by atoms with Gasteiger partial charge in [-0.25, -0.2) is 4.98 Å². The van der Waals surface area contributed by atoms with Gasteiger partial charge in [0.05, 0.1) is 12.8 Å². The minimum Gasteiger partial charge on any atom is -0.492 e. The van der Waals surface area contributed by atoms with Gasteiger partial charge in [-0.1, -0.05) is 0 Å². The third kappa shape index (κ3) is 2.11. The molecule has 1 aromatic rings. The number of anilines is 1. The maximum absolute atomic E-state index is 5.22. The van der Waals surface area contributed by atoms with E-state index >= 15 is 0 Å². The molecule has 3 heteroatoms. The van der Waals surface area contributed by atoms with Crippen molar-refractivity contribution >= 4 is 5.82 Å². The summed E-state index contributed by atoms with van der Waals surface area (Å²) in [5.74, 6) is 1.67. The smallest absolute Gasteiger partial charge is 0.137 e. The molecular weight excluding hydrogens is 140 g/mol. The number of aromatic nitrogens is 1. The summed E-state index contributed by atoms with van der Waals surface area (Å²) in [6, 6.07) is 3.77. The molecule has 1 rings (SSSR count). The molecule has 0 atom stereocenters. The number of hydrogen-bond donors (Lipinski definition) is 1. The van der Waals surface area contributed by atoms with Gasteiger partial charge in [-0.3, -0.25) is 0 Å². The average molecular weight is 152 g/mol. The van der Waals surface area contributed by atoms with E-state index in [0.717, 1.165) is 11.6 Å². The molecule has 3 nitrogen and oxygen atoms in total. The maximum atomic E-state index is 5.22. The average Bonchev–Trinajstić information content (AvgIpc) is 2.07. The third-order valence-electron chi connectivity index (χ3n) is 1.30. The van der Waals surface area contributed by atoms with Crippen LogP contribution in [0.15, 0.2) is 18.3 Å². The SMILES string of the molecule is CCOc1ccc(NC)nc1. The van der Waals surface area contributed by atoms with Crippen LogP contribution in [0.2, 0.25) is 0 Å². The zero-order valence-electron chi connectivity index (χ0n) is 6.79. The summed E-state index contributed by atoms with van der Waals surface area (Å²) >= 11 is 0. The van der Waals surface area contributed by atoms with Crippen molar-refractivity contribution in [1.29, 1.82) is 0 Å². The van der Waals surface area contributed by atoms with Gasteiger partial charge in [0.25, 0.3) is 0 Å². The first-order valence-corrected chi connectivity index (χ1v) is 3.63. The van der Waals surface area contributed by atoms with E-state index in [4.69, 9.17) is 4.74 Å². The first-order valence-electron chi connectivity index (χ1n) is 3.63. The minimum absolute atomic E-state index is 0.681. The van der Waals surface area contributed by atoms with Crippen LogP contribution in [-0.4, -0.2) is 18.6 Å². The van der Waals surface area contributed by atoms with E-state index in [1.165, 1.54) is 0 Å². The topological polar surface area (TPSA) is 34.1 Å². The normalized spacial score (nSPS) is 9.27. The molecule has 60 valence electrons. The summed E-state index contributed by atoms with van der Waals surface area (Å²) in [7, 11) is 1.84. The molecule has 0 saturated heterocycles. The zero-order valence-corrected chi connectivity index (χ0v) is 6.79. The second-order valence-electron chi connectivity index (χ2n) is 2.06. The quantitative estimate of drug-likeness (QED) is 0.713. The van der Waals surface area contributed by atoms with Gasteiger partial charge in [0.15, 0.2) is 0 Å². The Labute approximate surface area is 66.4 Å². The Balaban J connectivity index is 2.66. The van der Waals surface area contributed by atoms with Crippen molar-refractivity contribution in [3.63, 3.8) is 0 Å². The Kier molecular flexibility index (Phi) is 2.72. The summed E-state index contributed by atoms with van der Waals surface area (Å²) in [6.45, 7) is 2.63. The summed E-state index contributed by atoms with van der Waals surface area (Å²) in [5, 5.41) is 2.93. The van der Waals surface area contributed by atoms with Crippen molar-refractivity contribution in [3.05, 3.63) is 18.3 Å². The fourth-order valence-electron chi connectivity index (χ4n) is 0.780. The van der Waals surface area contributed by atoms with Gasteiger partial charge in [0.1, 0.15) is 11.6 Å². The predicted octanol–water partition coefficient (Wildman–Crippen LogP) is 1.52. The van der Waals surface area contributed by atoms with Crippen LogP contribution in [-0.2, 0) is 0 Å². The molecule has 0 radical (unpaired) electrons. The van der Waals surface area contributed by atoms with E-state index in [-0.39, 0.29) is 0 Å². The van der Waals surface area contributed by atoms with Crippen molar-refractivity contribution in [1.82, 2.24) is 4.98 Å². The highest BCUT2D eigenvalue weighted by Gasteiger charge is 1.91. The monoisotopic (exact) mass is 152 g/mol. The van der Waals surface area contributed by atoms with Gasteiger partial charge in [-0.15, -0.1) is 0 Å². The lowest BCUT2D eigenvalue weighted by atomic mass is 10.4. The molecule has 0 fully saturated rings. The molecule has 1 aromatic heterocycles. The van der Waals surface area contributed by atoms with Crippen LogP contribution in [0.1, 0.15) is 6.92 Å². The lowest BCUT2D eigenvalue weighted by Crippen LogP contribution is -1.94. The van der Waals surface area contributed by atoms with E-state index in [2.05, 4.69) is 10.3 Å². The fraction of sp³-hybridized carbons (Fsp3) is 0.375. The Morgan fingerprint density at radius 3 is 2.82 bits per heavy atom. The highest BCUT2D eigenvalue weighted by molar-refractivity contribution is 5.36. The number of hydrogen-bond acceptors (Lipinski definition) is 3. The molecule has 11 heavy (non-hydrogen) atoms. The number of pyridine rings is 1. The number of rotatable bonds is 3. The van der Waals surface area contributed by atoms with Crippen molar-refractivity contribution < 1.29 is 4.74 Å². The van der Waals surface area contributed by atoms with Crippen molar-refractivity contribution in [2.24, 2.45) is 0 Å². The number of nitrogens with zero attached hydrogens (tertiary/aromatic N) is 1. The fourth-order valence-corrected chi connectivity index (χ4v) is 0.780. The summed E-state index contributed by atoms with van der Waals surface area (Å²) < 4.78 is 5.22. The molecule has 0 unspecified atom stereocenters. The largest absolute Gasteiger partial charge is 0.492 e. The first-order chi connectivity index (χ1) is 5.36. The maximum Gasteiger partial charge on any atom is 0.137 e. The van der Waals surface area contributed by atoms with E-state index in [0.29, 0.717) is 6.61 Å². The Morgan fingerprint density at radius 2 is 2.36 bits per heavy atom. The highest BCUT2D eigenvalue weighted by atomic mass is 16.5. The molecule has 1 N–H and O–H groups in total. The van der Waals surface area contributed by atoms with E-state index in [9.17, 15) is 0 Å². The van der Waals surface area contributed by atoms with Gasteiger partial charge < -0.3 is 10.1 Å². The highest BCUT2D eigenvalue weighted by Crippen LogP contribution is 2.10. The van der Waals surface area contributed by atoms with E-state index < -0.39 is 0 Å². The van der Waals surface area contributed by atoms with Crippen molar-refractivity contribution in [2.75, 3.05) is 19.0 Å². The summed E-state index contributed by atoms with van der Waals surface area (Å²) in [4.78, 5) is 4.08. The van der Waals surface area contributed by atoms with E-state index in [1.54, 1.807) is 6.20 Å². The number of nitrogens with one attached hydrogen (secondary N) is 1. The van der Waals surface area contributed by atoms with Crippen molar-refractivity contribution in [3.8, 4) is 5.75 Å². The van der Waals surface area contributed by atoms with Crippen LogP contribution >= 0.6 is 0 Å². The molecule has 0 aliphatic rings. The van der Waals surface area contributed by atoms with E-state index in [1.807, 2.05) is 26.1 Å². The molecule has 0 aliphatic carbocycles. The van der Waals surface area contributed by atoms with Crippen LogP contribution in [0, 0.1) is 0 Å². The molecule has 0 bridgehead atoms. The van der Waals surface area contributed by atoms with Gasteiger partial charge in [0, 0.05) is 7.05 Å². The first kappa shape index (κ1) is 7.85. The van der Waals surface area contributed by atoms with Gasteiger partial charge >= 0.3 is 0 Å². The number of ether oxygens (including phenoxy) is 1.